The molecule has 1 fully saturated rings. The Morgan fingerprint density at radius 1 is 1.10 bits per heavy atom. The van der Waals surface area contributed by atoms with Crippen LogP contribution in [0.1, 0.15) is 30.5 Å². The highest BCUT2D eigenvalue weighted by atomic mass is 16.5. The van der Waals surface area contributed by atoms with E-state index in [0.29, 0.717) is 19.6 Å². The number of pyridine rings is 1. The van der Waals surface area contributed by atoms with E-state index in [0.717, 1.165) is 17.7 Å². The number of piperidine rings is 1. The molecule has 2 bridgehead atoms. The lowest BCUT2D eigenvalue weighted by molar-refractivity contribution is -0.135. The number of fused-ring (bicyclic) bond motifs is 4. The van der Waals surface area contributed by atoms with Crippen molar-refractivity contribution in [2.24, 2.45) is 5.92 Å². The second-order valence-electron chi connectivity index (χ2n) is 7.87. The quantitative estimate of drug-likeness (QED) is 0.860. The van der Waals surface area contributed by atoms with Crippen LogP contribution >= 0.6 is 0 Å². The number of carbonyl (C=O) groups excluding carboxylic acids is 2. The molecule has 152 valence electrons. The number of hydrogen-bond acceptors (Lipinski definition) is 4. The van der Waals surface area contributed by atoms with Crippen molar-refractivity contribution in [2.75, 3.05) is 13.1 Å². The van der Waals surface area contributed by atoms with Crippen LogP contribution in [-0.2, 0) is 22.7 Å². The van der Waals surface area contributed by atoms with Gasteiger partial charge in [-0.25, -0.2) is 4.79 Å². The van der Waals surface area contributed by atoms with Gasteiger partial charge >= 0.3 is 6.09 Å². The molecule has 2 amide bonds. The average Bonchev–Trinajstić information content (AvgIpc) is 2.73. The normalized spacial score (nSPS) is 21.1. The third-order valence-electron chi connectivity index (χ3n) is 5.71. The molecule has 4 rings (SSSR count). The average molecular weight is 395 g/mol. The van der Waals surface area contributed by atoms with Gasteiger partial charge in [-0.15, -0.1) is 0 Å². The Hall–Kier alpha value is -3.09. The first-order chi connectivity index (χ1) is 14.0. The molecule has 3 atom stereocenters. The molecule has 0 radical (unpaired) electrons. The van der Waals surface area contributed by atoms with Gasteiger partial charge in [0.15, 0.2) is 0 Å². The molecule has 2 aromatic rings. The zero-order chi connectivity index (χ0) is 20.4. The van der Waals surface area contributed by atoms with Crippen molar-refractivity contribution in [3.63, 3.8) is 0 Å². The Bertz CT molecular complexity index is 956. The second kappa shape index (κ2) is 8.11. The van der Waals surface area contributed by atoms with Crippen LogP contribution in [0.2, 0.25) is 0 Å². The Morgan fingerprint density at radius 2 is 1.90 bits per heavy atom. The number of aromatic nitrogens is 1. The van der Waals surface area contributed by atoms with E-state index >= 15 is 0 Å². The number of amides is 2. The first-order valence-corrected chi connectivity index (χ1v) is 9.97. The lowest BCUT2D eigenvalue weighted by Crippen LogP contribution is -2.54. The molecule has 0 saturated carbocycles. The molecular formula is C22H25N3O4. The maximum atomic E-state index is 12.9. The van der Waals surface area contributed by atoms with E-state index in [4.69, 9.17) is 4.74 Å². The number of benzene rings is 1. The van der Waals surface area contributed by atoms with Gasteiger partial charge < -0.3 is 19.5 Å². The molecule has 29 heavy (non-hydrogen) atoms. The summed E-state index contributed by atoms with van der Waals surface area (Å²) in [7, 11) is 0. The molecular weight excluding hydrogens is 370 g/mol. The summed E-state index contributed by atoms with van der Waals surface area (Å²) >= 11 is 0. The summed E-state index contributed by atoms with van der Waals surface area (Å²) in [4.78, 5) is 38.9. The van der Waals surface area contributed by atoms with Crippen LogP contribution in [0, 0.1) is 5.92 Å². The predicted octanol–water partition coefficient (Wildman–Crippen LogP) is 2.11. The number of alkyl carbamates (subject to hydrolysis) is 1. The largest absolute Gasteiger partial charge is 0.445 e. The topological polar surface area (TPSA) is 80.6 Å². The summed E-state index contributed by atoms with van der Waals surface area (Å²) < 4.78 is 7.05. The molecule has 2 aliphatic rings. The van der Waals surface area contributed by atoms with Crippen molar-refractivity contribution < 1.29 is 14.3 Å². The molecule has 0 spiro atoms. The highest BCUT2D eigenvalue weighted by Gasteiger charge is 2.37. The molecule has 0 aliphatic carbocycles. The summed E-state index contributed by atoms with van der Waals surface area (Å²) in [5, 5.41) is 2.63. The van der Waals surface area contributed by atoms with Crippen molar-refractivity contribution in [3.8, 4) is 0 Å². The third-order valence-corrected chi connectivity index (χ3v) is 5.71. The highest BCUT2D eigenvalue weighted by molar-refractivity contribution is 5.85. The van der Waals surface area contributed by atoms with Gasteiger partial charge in [0.05, 0.1) is 0 Å². The Balaban J connectivity index is 1.35. The molecule has 7 heteroatoms. The lowest BCUT2D eigenvalue weighted by Gasteiger charge is -2.43. The summed E-state index contributed by atoms with van der Waals surface area (Å²) in [6, 6.07) is 14.1. The van der Waals surface area contributed by atoms with Crippen LogP contribution in [0.3, 0.4) is 0 Å². The molecule has 1 N–H and O–H groups in total. The Morgan fingerprint density at radius 3 is 2.69 bits per heavy atom. The fourth-order valence-electron chi connectivity index (χ4n) is 4.35. The van der Waals surface area contributed by atoms with E-state index in [1.807, 2.05) is 45.9 Å². The number of nitrogens with zero attached hydrogens (tertiary/aromatic N) is 2. The molecule has 0 unspecified atom stereocenters. The van der Waals surface area contributed by atoms with E-state index in [1.165, 1.54) is 0 Å². The van der Waals surface area contributed by atoms with E-state index in [1.54, 1.807) is 19.1 Å². The molecule has 1 aromatic heterocycles. The van der Waals surface area contributed by atoms with Crippen molar-refractivity contribution in [3.05, 3.63) is 70.1 Å². The molecule has 3 heterocycles. The van der Waals surface area contributed by atoms with Crippen LogP contribution < -0.4 is 10.9 Å². The van der Waals surface area contributed by atoms with E-state index in [2.05, 4.69) is 5.32 Å². The van der Waals surface area contributed by atoms with Crippen LogP contribution in [0.15, 0.2) is 53.3 Å². The summed E-state index contributed by atoms with van der Waals surface area (Å²) in [5.74, 6) is 0.281. The highest BCUT2D eigenvalue weighted by Crippen LogP contribution is 2.35. The van der Waals surface area contributed by atoms with Gasteiger partial charge in [-0.2, -0.15) is 0 Å². The predicted molar refractivity (Wildman–Crippen MR) is 107 cm³/mol. The summed E-state index contributed by atoms with van der Waals surface area (Å²) in [6.45, 7) is 3.63. The molecule has 2 aliphatic heterocycles. The number of rotatable bonds is 4. The van der Waals surface area contributed by atoms with Crippen LogP contribution in [-0.4, -0.2) is 40.6 Å². The SMILES string of the molecule is C[C@H](NC(=O)OCc1ccccc1)C(=O)N1C[C@H]2C[C@H](C1)c1cccc(=O)n1C2. The second-order valence-corrected chi connectivity index (χ2v) is 7.87. The number of likely N-dealkylation sites (tertiary alicyclic amines) is 1. The zero-order valence-corrected chi connectivity index (χ0v) is 16.4. The minimum absolute atomic E-state index is 0.0215. The molecule has 7 nitrogen and oxygen atoms in total. The number of ether oxygens (including phenoxy) is 1. The smallest absolute Gasteiger partial charge is 0.408 e. The van der Waals surface area contributed by atoms with E-state index in [-0.39, 0.29) is 29.9 Å². The van der Waals surface area contributed by atoms with Crippen molar-refractivity contribution in [1.29, 1.82) is 0 Å². The van der Waals surface area contributed by atoms with Gasteiger partial charge in [0.2, 0.25) is 5.91 Å². The first kappa shape index (κ1) is 19.2. The molecule has 1 aromatic carbocycles. The minimum atomic E-state index is -0.671. The standard InChI is InChI=1S/C22H25N3O4/c1-15(23-22(28)29-14-16-6-3-2-4-7-16)21(27)24-11-17-10-18(13-24)19-8-5-9-20(26)25(19)12-17/h2-9,15,17-18H,10-14H2,1H3,(H,23,28)/t15-,17+,18+/m0/s1. The van der Waals surface area contributed by atoms with Crippen molar-refractivity contribution in [1.82, 2.24) is 14.8 Å². The fourth-order valence-corrected chi connectivity index (χ4v) is 4.35. The fraction of sp³-hybridized carbons (Fsp3) is 0.409. The first-order valence-electron chi connectivity index (χ1n) is 9.97. The van der Waals surface area contributed by atoms with Crippen LogP contribution in [0.25, 0.3) is 0 Å². The van der Waals surface area contributed by atoms with Gasteiger partial charge in [-0.3, -0.25) is 9.59 Å². The summed E-state index contributed by atoms with van der Waals surface area (Å²) in [6.07, 6.45) is 0.373. The van der Waals surface area contributed by atoms with Crippen LogP contribution in [0.5, 0.6) is 0 Å². The van der Waals surface area contributed by atoms with Gasteiger partial charge in [-0.05, 0) is 30.9 Å². The van der Waals surface area contributed by atoms with Crippen molar-refractivity contribution in [2.45, 2.75) is 38.5 Å². The van der Waals surface area contributed by atoms with E-state index in [9.17, 15) is 14.4 Å². The number of carbonyl (C=O) groups is 2. The van der Waals surface area contributed by atoms with Gasteiger partial charge in [0, 0.05) is 37.3 Å². The van der Waals surface area contributed by atoms with Crippen LogP contribution in [0.4, 0.5) is 4.79 Å². The number of nitrogens with one attached hydrogen (secondary N) is 1. The summed E-state index contributed by atoms with van der Waals surface area (Å²) in [5.41, 5.74) is 1.90. The maximum Gasteiger partial charge on any atom is 0.408 e. The monoisotopic (exact) mass is 395 g/mol. The molecule has 1 saturated heterocycles. The van der Waals surface area contributed by atoms with Gasteiger partial charge in [0.25, 0.3) is 5.56 Å². The third kappa shape index (κ3) is 4.18. The Kier molecular flexibility index (Phi) is 5.38. The Labute approximate surface area is 169 Å². The zero-order valence-electron chi connectivity index (χ0n) is 16.4. The van der Waals surface area contributed by atoms with Gasteiger partial charge in [-0.1, -0.05) is 36.4 Å². The van der Waals surface area contributed by atoms with Gasteiger partial charge in [0.1, 0.15) is 12.6 Å². The van der Waals surface area contributed by atoms with E-state index < -0.39 is 12.1 Å². The lowest BCUT2D eigenvalue weighted by atomic mass is 9.83. The maximum absolute atomic E-state index is 12.9. The number of hydrogen-bond donors (Lipinski definition) is 1. The minimum Gasteiger partial charge on any atom is -0.445 e. The van der Waals surface area contributed by atoms with Crippen molar-refractivity contribution >= 4 is 12.0 Å².